The van der Waals surface area contributed by atoms with Gasteiger partial charge in [0.15, 0.2) is 5.78 Å². The van der Waals surface area contributed by atoms with Crippen molar-refractivity contribution in [2.45, 2.75) is 13.0 Å². The second kappa shape index (κ2) is 6.91. The molecule has 0 aliphatic heterocycles. The molecule has 0 aliphatic carbocycles. The zero-order chi connectivity index (χ0) is 14.4. The van der Waals surface area contributed by atoms with Crippen LogP contribution >= 0.6 is 0 Å². The minimum Gasteiger partial charge on any atom is -0.376 e. The highest BCUT2D eigenvalue weighted by atomic mass is 19.1. The highest BCUT2D eigenvalue weighted by Crippen LogP contribution is 2.09. The van der Waals surface area contributed by atoms with Gasteiger partial charge in [-0.1, -0.05) is 18.2 Å². The maximum absolute atomic E-state index is 13.3. The van der Waals surface area contributed by atoms with E-state index in [2.05, 4.69) is 0 Å². The first kappa shape index (κ1) is 14.3. The van der Waals surface area contributed by atoms with Gasteiger partial charge in [-0.05, 0) is 30.3 Å². The smallest absolute Gasteiger partial charge is 0.165 e. The van der Waals surface area contributed by atoms with Crippen LogP contribution in [0.2, 0.25) is 0 Å². The van der Waals surface area contributed by atoms with E-state index < -0.39 is 0 Å². The number of carbonyl (C=O) groups excluding carboxylic acids is 1. The normalized spacial score (nSPS) is 10.5. The summed E-state index contributed by atoms with van der Waals surface area (Å²) in [5.74, 6) is -0.826. The lowest BCUT2D eigenvalue weighted by atomic mass is 10.1. The van der Waals surface area contributed by atoms with Crippen molar-refractivity contribution in [2.75, 3.05) is 6.61 Å². The van der Waals surface area contributed by atoms with E-state index in [9.17, 15) is 13.6 Å². The van der Waals surface area contributed by atoms with Crippen LogP contribution in [0.1, 0.15) is 22.3 Å². The third-order valence-electron chi connectivity index (χ3n) is 2.86. The number of carbonyl (C=O) groups is 1. The summed E-state index contributed by atoms with van der Waals surface area (Å²) in [6.45, 7) is 0.327. The molecule has 0 aliphatic rings. The molecular formula is C16H14F2O2. The van der Waals surface area contributed by atoms with Gasteiger partial charge in [-0.15, -0.1) is 0 Å². The van der Waals surface area contributed by atoms with Crippen LogP contribution < -0.4 is 0 Å². The summed E-state index contributed by atoms with van der Waals surface area (Å²) in [7, 11) is 0. The lowest BCUT2D eigenvalue weighted by Gasteiger charge is -2.05. The molecule has 0 amide bonds. The summed E-state index contributed by atoms with van der Waals surface area (Å²) in [6, 6.07) is 11.7. The third-order valence-corrected chi connectivity index (χ3v) is 2.86. The summed E-state index contributed by atoms with van der Waals surface area (Å²) in [4.78, 5) is 11.8. The molecule has 2 aromatic rings. The van der Waals surface area contributed by atoms with Crippen molar-refractivity contribution >= 4 is 5.78 Å². The minimum atomic E-state index is -0.377. The maximum Gasteiger partial charge on any atom is 0.165 e. The molecule has 0 N–H and O–H groups in total. The van der Waals surface area contributed by atoms with E-state index in [4.69, 9.17) is 4.74 Å². The van der Waals surface area contributed by atoms with Crippen molar-refractivity contribution in [1.82, 2.24) is 0 Å². The SMILES string of the molecule is O=C(CCOCc1ccccc1F)c1ccc(F)cc1. The lowest BCUT2D eigenvalue weighted by Crippen LogP contribution is -2.05. The highest BCUT2D eigenvalue weighted by molar-refractivity contribution is 5.96. The number of ether oxygens (including phenoxy) is 1. The Morgan fingerprint density at radius 2 is 1.70 bits per heavy atom. The van der Waals surface area contributed by atoms with Crippen molar-refractivity contribution in [3.05, 3.63) is 71.3 Å². The molecule has 0 atom stereocenters. The van der Waals surface area contributed by atoms with Crippen molar-refractivity contribution < 1.29 is 18.3 Å². The van der Waals surface area contributed by atoms with Gasteiger partial charge in [-0.2, -0.15) is 0 Å². The van der Waals surface area contributed by atoms with Crippen molar-refractivity contribution in [3.8, 4) is 0 Å². The number of hydrogen-bond acceptors (Lipinski definition) is 2. The summed E-state index contributed by atoms with van der Waals surface area (Å²) < 4.78 is 31.3. The molecule has 2 aromatic carbocycles. The zero-order valence-electron chi connectivity index (χ0n) is 10.8. The van der Waals surface area contributed by atoms with Crippen molar-refractivity contribution in [2.24, 2.45) is 0 Å². The standard InChI is InChI=1S/C16H14F2O2/c17-14-7-5-12(6-8-14)16(19)9-10-20-11-13-3-1-2-4-15(13)18/h1-8H,9-11H2. The third kappa shape index (κ3) is 3.96. The highest BCUT2D eigenvalue weighted by Gasteiger charge is 2.06. The van der Waals surface area contributed by atoms with Gasteiger partial charge in [0.1, 0.15) is 11.6 Å². The van der Waals surface area contributed by atoms with Crippen LogP contribution in [-0.2, 0) is 11.3 Å². The minimum absolute atomic E-state index is 0.126. The monoisotopic (exact) mass is 276 g/mol. The van der Waals surface area contributed by atoms with E-state index in [1.165, 1.54) is 30.3 Å². The first-order valence-electron chi connectivity index (χ1n) is 6.27. The first-order valence-corrected chi connectivity index (χ1v) is 6.27. The lowest BCUT2D eigenvalue weighted by molar-refractivity contribution is 0.0843. The van der Waals surface area contributed by atoms with E-state index in [1.807, 2.05) is 0 Å². The first-order chi connectivity index (χ1) is 9.66. The number of halogens is 2. The van der Waals surface area contributed by atoms with Crippen molar-refractivity contribution in [3.63, 3.8) is 0 Å². The molecule has 0 radical (unpaired) electrons. The Hall–Kier alpha value is -2.07. The Morgan fingerprint density at radius 3 is 2.40 bits per heavy atom. The molecule has 0 saturated carbocycles. The predicted molar refractivity (Wildman–Crippen MR) is 71.4 cm³/mol. The van der Waals surface area contributed by atoms with Crippen molar-refractivity contribution in [1.29, 1.82) is 0 Å². The Bertz CT molecular complexity index is 579. The number of hydrogen-bond donors (Lipinski definition) is 0. The van der Waals surface area contributed by atoms with Crippen LogP contribution in [-0.4, -0.2) is 12.4 Å². The molecule has 104 valence electrons. The van der Waals surface area contributed by atoms with Gasteiger partial charge in [0.05, 0.1) is 13.2 Å². The van der Waals surface area contributed by atoms with Gasteiger partial charge in [-0.25, -0.2) is 8.78 Å². The van der Waals surface area contributed by atoms with E-state index in [1.54, 1.807) is 18.2 Å². The number of benzene rings is 2. The molecule has 0 heterocycles. The van der Waals surface area contributed by atoms with E-state index in [0.717, 1.165) is 0 Å². The van der Waals surface area contributed by atoms with E-state index >= 15 is 0 Å². The Balaban J connectivity index is 1.77. The van der Waals surface area contributed by atoms with Crippen LogP contribution in [0.15, 0.2) is 48.5 Å². The predicted octanol–water partition coefficient (Wildman–Crippen LogP) is 3.75. The van der Waals surface area contributed by atoms with Gasteiger partial charge in [-0.3, -0.25) is 4.79 Å². The molecule has 4 heteroatoms. The molecule has 0 aromatic heterocycles. The van der Waals surface area contributed by atoms with Crippen LogP contribution in [0.4, 0.5) is 8.78 Å². The van der Waals surface area contributed by atoms with Crippen LogP contribution in [0.3, 0.4) is 0 Å². The van der Waals surface area contributed by atoms with Gasteiger partial charge < -0.3 is 4.74 Å². The quantitative estimate of drug-likeness (QED) is 0.593. The van der Waals surface area contributed by atoms with Gasteiger partial charge in [0.25, 0.3) is 0 Å². The number of Topliss-reactive ketones (excluding diaryl/α,β-unsaturated/α-hetero) is 1. The largest absolute Gasteiger partial charge is 0.376 e. The van der Waals surface area contributed by atoms with E-state index in [-0.39, 0.29) is 37.1 Å². The second-order valence-corrected chi connectivity index (χ2v) is 4.32. The van der Waals surface area contributed by atoms with Crippen LogP contribution in [0.5, 0.6) is 0 Å². The summed E-state index contributed by atoms with van der Waals surface area (Å²) in [6.07, 6.45) is 0.181. The zero-order valence-corrected chi connectivity index (χ0v) is 10.8. The molecule has 0 saturated heterocycles. The average molecular weight is 276 g/mol. The molecule has 20 heavy (non-hydrogen) atoms. The molecular weight excluding hydrogens is 262 g/mol. The summed E-state index contributed by atoms with van der Waals surface area (Å²) in [5, 5.41) is 0. The van der Waals surface area contributed by atoms with E-state index in [0.29, 0.717) is 11.1 Å². The Labute approximate surface area is 116 Å². The Morgan fingerprint density at radius 1 is 1.00 bits per heavy atom. The van der Waals surface area contributed by atoms with Gasteiger partial charge in [0, 0.05) is 17.5 Å². The fourth-order valence-electron chi connectivity index (χ4n) is 1.74. The molecule has 2 nitrogen and oxygen atoms in total. The molecule has 0 fully saturated rings. The molecule has 2 rings (SSSR count). The molecule has 0 bridgehead atoms. The summed E-state index contributed by atoms with van der Waals surface area (Å²) >= 11 is 0. The van der Waals surface area contributed by atoms with Gasteiger partial charge in [0.2, 0.25) is 0 Å². The average Bonchev–Trinajstić information content (AvgIpc) is 2.46. The van der Waals surface area contributed by atoms with Crippen LogP contribution in [0.25, 0.3) is 0 Å². The second-order valence-electron chi connectivity index (χ2n) is 4.32. The number of ketones is 1. The maximum atomic E-state index is 13.3. The fourth-order valence-corrected chi connectivity index (χ4v) is 1.74. The topological polar surface area (TPSA) is 26.3 Å². The molecule has 0 spiro atoms. The van der Waals surface area contributed by atoms with Gasteiger partial charge >= 0.3 is 0 Å². The fraction of sp³-hybridized carbons (Fsp3) is 0.188. The molecule has 0 unspecified atom stereocenters. The Kier molecular flexibility index (Phi) is 4.96. The number of rotatable bonds is 6. The van der Waals surface area contributed by atoms with Crippen LogP contribution in [0, 0.1) is 11.6 Å². The summed E-state index contributed by atoms with van der Waals surface area (Å²) in [5.41, 5.74) is 0.905.